The summed E-state index contributed by atoms with van der Waals surface area (Å²) in [6.07, 6.45) is 4.74. The zero-order chi connectivity index (χ0) is 10.8. The molecule has 82 valence electrons. The normalized spacial score (nSPS) is 30.6. The number of rotatable bonds is 3. The smallest absolute Gasteiger partial charge is 0.253 e. The maximum absolute atomic E-state index is 11.3. The van der Waals surface area contributed by atoms with Gasteiger partial charge in [-0.2, -0.15) is 0 Å². The van der Waals surface area contributed by atoms with E-state index in [0.29, 0.717) is 12.5 Å². The standard InChI is InChI=1S/C11H15NO3/c1-2-9-8(5-6-15-9)7-12-10(13)3-4-11(12)14/h3-4,8-9H,2,5-7H2,1H3. The van der Waals surface area contributed by atoms with Crippen LogP contribution >= 0.6 is 0 Å². The highest BCUT2D eigenvalue weighted by Crippen LogP contribution is 2.25. The lowest BCUT2D eigenvalue weighted by Crippen LogP contribution is -2.37. The number of hydrogen-bond donors (Lipinski definition) is 0. The number of imide groups is 1. The summed E-state index contributed by atoms with van der Waals surface area (Å²) in [6.45, 7) is 3.31. The molecule has 2 heterocycles. The Kier molecular flexibility index (Phi) is 2.86. The molecule has 1 fully saturated rings. The van der Waals surface area contributed by atoms with Gasteiger partial charge in [0, 0.05) is 31.2 Å². The zero-order valence-electron chi connectivity index (χ0n) is 8.81. The fraction of sp³-hybridized carbons (Fsp3) is 0.636. The zero-order valence-corrected chi connectivity index (χ0v) is 8.81. The van der Waals surface area contributed by atoms with Gasteiger partial charge in [0.05, 0.1) is 6.10 Å². The van der Waals surface area contributed by atoms with E-state index in [-0.39, 0.29) is 17.9 Å². The number of carbonyl (C=O) groups excluding carboxylic acids is 2. The Morgan fingerprint density at radius 2 is 2.07 bits per heavy atom. The van der Waals surface area contributed by atoms with Crippen molar-refractivity contribution in [3.8, 4) is 0 Å². The van der Waals surface area contributed by atoms with Crippen LogP contribution in [0.4, 0.5) is 0 Å². The molecule has 0 aromatic rings. The maximum atomic E-state index is 11.3. The maximum Gasteiger partial charge on any atom is 0.253 e. The van der Waals surface area contributed by atoms with Gasteiger partial charge in [0.2, 0.25) is 0 Å². The molecule has 2 aliphatic heterocycles. The molecule has 1 saturated heterocycles. The van der Waals surface area contributed by atoms with Gasteiger partial charge in [0.25, 0.3) is 11.8 Å². The van der Waals surface area contributed by atoms with Crippen molar-refractivity contribution >= 4 is 11.8 Å². The lowest BCUT2D eigenvalue weighted by molar-refractivity contribution is -0.137. The van der Waals surface area contributed by atoms with E-state index in [2.05, 4.69) is 6.92 Å². The van der Waals surface area contributed by atoms with Crippen LogP contribution in [0, 0.1) is 5.92 Å². The first-order valence-electron chi connectivity index (χ1n) is 5.37. The Morgan fingerprint density at radius 3 is 2.67 bits per heavy atom. The number of hydrogen-bond acceptors (Lipinski definition) is 3. The van der Waals surface area contributed by atoms with E-state index in [9.17, 15) is 9.59 Å². The highest BCUT2D eigenvalue weighted by atomic mass is 16.5. The average molecular weight is 209 g/mol. The summed E-state index contributed by atoms with van der Waals surface area (Å²) in [7, 11) is 0. The van der Waals surface area contributed by atoms with Crippen molar-refractivity contribution in [3.63, 3.8) is 0 Å². The van der Waals surface area contributed by atoms with Crippen molar-refractivity contribution in [1.29, 1.82) is 0 Å². The molecule has 2 atom stereocenters. The van der Waals surface area contributed by atoms with Crippen LogP contribution in [0.15, 0.2) is 12.2 Å². The fourth-order valence-electron chi connectivity index (χ4n) is 2.20. The summed E-state index contributed by atoms with van der Waals surface area (Å²) in [6, 6.07) is 0. The summed E-state index contributed by atoms with van der Waals surface area (Å²) in [5.74, 6) is -0.0775. The van der Waals surface area contributed by atoms with Crippen molar-refractivity contribution in [2.75, 3.05) is 13.2 Å². The fourth-order valence-corrected chi connectivity index (χ4v) is 2.20. The SMILES string of the molecule is CCC1OCCC1CN1C(=O)C=CC1=O. The Labute approximate surface area is 88.9 Å². The van der Waals surface area contributed by atoms with Crippen LogP contribution in [-0.2, 0) is 14.3 Å². The molecule has 2 rings (SSSR count). The van der Waals surface area contributed by atoms with Crippen molar-refractivity contribution < 1.29 is 14.3 Å². The quantitative estimate of drug-likeness (QED) is 0.644. The largest absolute Gasteiger partial charge is 0.378 e. The van der Waals surface area contributed by atoms with Gasteiger partial charge in [-0.3, -0.25) is 14.5 Å². The molecule has 15 heavy (non-hydrogen) atoms. The van der Waals surface area contributed by atoms with Gasteiger partial charge in [-0.05, 0) is 12.8 Å². The molecule has 4 nitrogen and oxygen atoms in total. The molecule has 0 radical (unpaired) electrons. The molecule has 4 heteroatoms. The third kappa shape index (κ3) is 1.95. The van der Waals surface area contributed by atoms with Gasteiger partial charge in [0.1, 0.15) is 0 Å². The molecule has 0 aliphatic carbocycles. The minimum absolute atomic E-state index is 0.193. The first-order chi connectivity index (χ1) is 7.22. The van der Waals surface area contributed by atoms with Crippen LogP contribution in [0.1, 0.15) is 19.8 Å². The molecule has 0 aromatic carbocycles. The van der Waals surface area contributed by atoms with Gasteiger partial charge < -0.3 is 4.74 Å². The summed E-state index contributed by atoms with van der Waals surface area (Å²) in [5, 5.41) is 0. The highest BCUT2D eigenvalue weighted by molar-refractivity contribution is 6.12. The van der Waals surface area contributed by atoms with Gasteiger partial charge in [-0.1, -0.05) is 6.92 Å². The second-order valence-electron chi connectivity index (χ2n) is 3.99. The number of carbonyl (C=O) groups is 2. The summed E-state index contributed by atoms with van der Waals surface area (Å²) in [4.78, 5) is 24.0. The van der Waals surface area contributed by atoms with Crippen LogP contribution in [0.3, 0.4) is 0 Å². The average Bonchev–Trinajstić information content (AvgIpc) is 2.79. The Bertz CT molecular complexity index is 293. The van der Waals surface area contributed by atoms with E-state index in [4.69, 9.17) is 4.74 Å². The predicted octanol–water partition coefficient (Wildman–Crippen LogP) is 0.726. The number of ether oxygens (including phenoxy) is 1. The van der Waals surface area contributed by atoms with Crippen LogP contribution in [-0.4, -0.2) is 36.0 Å². The van der Waals surface area contributed by atoms with Crippen LogP contribution in [0.5, 0.6) is 0 Å². The molecule has 0 spiro atoms. The van der Waals surface area contributed by atoms with Crippen molar-refractivity contribution in [2.45, 2.75) is 25.9 Å². The lowest BCUT2D eigenvalue weighted by Gasteiger charge is -2.22. The molecule has 2 amide bonds. The van der Waals surface area contributed by atoms with E-state index in [1.54, 1.807) is 0 Å². The molecule has 0 N–H and O–H groups in total. The van der Waals surface area contributed by atoms with Crippen molar-refractivity contribution in [1.82, 2.24) is 4.90 Å². The van der Waals surface area contributed by atoms with Crippen LogP contribution in [0.2, 0.25) is 0 Å². The van der Waals surface area contributed by atoms with Crippen LogP contribution in [0.25, 0.3) is 0 Å². The summed E-state index contributed by atoms with van der Waals surface area (Å²) >= 11 is 0. The van der Waals surface area contributed by atoms with Crippen LogP contribution < -0.4 is 0 Å². The molecule has 2 aliphatic rings. The van der Waals surface area contributed by atoms with Crippen molar-refractivity contribution in [2.24, 2.45) is 5.92 Å². The predicted molar refractivity (Wildman–Crippen MR) is 54.0 cm³/mol. The minimum Gasteiger partial charge on any atom is -0.378 e. The Hall–Kier alpha value is -1.16. The summed E-state index contributed by atoms with van der Waals surface area (Å²) in [5.41, 5.74) is 0. The lowest BCUT2D eigenvalue weighted by atomic mass is 9.99. The number of nitrogens with zero attached hydrogens (tertiary/aromatic N) is 1. The first-order valence-corrected chi connectivity index (χ1v) is 5.37. The number of amides is 2. The second kappa shape index (κ2) is 4.14. The van der Waals surface area contributed by atoms with Gasteiger partial charge in [-0.25, -0.2) is 0 Å². The highest BCUT2D eigenvalue weighted by Gasteiger charge is 2.32. The van der Waals surface area contributed by atoms with Gasteiger partial charge in [0.15, 0.2) is 0 Å². The summed E-state index contributed by atoms with van der Waals surface area (Å²) < 4.78 is 5.53. The Morgan fingerprint density at radius 1 is 1.40 bits per heavy atom. The molecule has 0 saturated carbocycles. The molecule has 0 bridgehead atoms. The molecular formula is C11H15NO3. The minimum atomic E-state index is -0.193. The van der Waals surface area contributed by atoms with E-state index in [0.717, 1.165) is 19.4 Å². The van der Waals surface area contributed by atoms with E-state index in [1.807, 2.05) is 0 Å². The van der Waals surface area contributed by atoms with E-state index in [1.165, 1.54) is 17.1 Å². The monoisotopic (exact) mass is 209 g/mol. The van der Waals surface area contributed by atoms with Gasteiger partial charge in [-0.15, -0.1) is 0 Å². The van der Waals surface area contributed by atoms with E-state index < -0.39 is 0 Å². The third-order valence-corrected chi connectivity index (χ3v) is 3.07. The second-order valence-corrected chi connectivity index (χ2v) is 3.99. The van der Waals surface area contributed by atoms with E-state index >= 15 is 0 Å². The topological polar surface area (TPSA) is 46.6 Å². The molecule has 2 unspecified atom stereocenters. The third-order valence-electron chi connectivity index (χ3n) is 3.07. The molecule has 0 aromatic heterocycles. The Balaban J connectivity index is 1.97. The van der Waals surface area contributed by atoms with Crippen molar-refractivity contribution in [3.05, 3.63) is 12.2 Å². The first kappa shape index (κ1) is 10.4. The molecular weight excluding hydrogens is 194 g/mol. The van der Waals surface area contributed by atoms with Gasteiger partial charge >= 0.3 is 0 Å².